The van der Waals surface area contributed by atoms with E-state index in [1.807, 2.05) is 61.5 Å². The lowest BCUT2D eigenvalue weighted by molar-refractivity contribution is -0.122. The first-order valence-corrected chi connectivity index (χ1v) is 12.6. The summed E-state index contributed by atoms with van der Waals surface area (Å²) in [6, 6.07) is 21.1. The van der Waals surface area contributed by atoms with Gasteiger partial charge in [0.1, 0.15) is 12.4 Å². The number of benzene rings is 3. The third-order valence-corrected chi connectivity index (χ3v) is 7.11. The molecule has 0 spiro atoms. The van der Waals surface area contributed by atoms with E-state index in [0.717, 1.165) is 34.5 Å². The highest BCUT2D eigenvalue weighted by atomic mass is 35.5. The molecule has 3 aromatic carbocycles. The highest BCUT2D eigenvalue weighted by Crippen LogP contribution is 2.35. The topological polar surface area (TPSA) is 41.9 Å². The minimum absolute atomic E-state index is 0.0276. The Morgan fingerprint density at radius 2 is 1.76 bits per heavy atom. The Labute approximate surface area is 214 Å². The fourth-order valence-electron chi connectivity index (χ4n) is 3.50. The van der Waals surface area contributed by atoms with Gasteiger partial charge in [-0.1, -0.05) is 66.5 Å². The average molecular weight is 511 g/mol. The summed E-state index contributed by atoms with van der Waals surface area (Å²) >= 11 is 13.4. The molecule has 1 aliphatic rings. The van der Waals surface area contributed by atoms with Crippen LogP contribution in [0.5, 0.6) is 5.75 Å². The van der Waals surface area contributed by atoms with Crippen molar-refractivity contribution in [3.8, 4) is 5.75 Å². The van der Waals surface area contributed by atoms with Crippen LogP contribution in [0.1, 0.15) is 30.5 Å². The number of rotatable bonds is 7. The fraction of sp³-hybridized carbons (Fsp3) is 0.185. The summed E-state index contributed by atoms with van der Waals surface area (Å²) in [5, 5.41) is 1.73. The molecule has 3 aromatic rings. The monoisotopic (exact) mass is 510 g/mol. The van der Waals surface area contributed by atoms with Crippen LogP contribution in [0.15, 0.2) is 76.6 Å². The predicted octanol–water partition coefficient (Wildman–Crippen LogP) is 7.76. The number of halogens is 2. The number of carbonyl (C=O) groups is 1. The lowest BCUT2D eigenvalue weighted by atomic mass is 10.1. The van der Waals surface area contributed by atoms with Crippen LogP contribution in [-0.2, 0) is 17.8 Å². The zero-order valence-corrected chi connectivity index (χ0v) is 21.3. The molecule has 7 heteroatoms. The van der Waals surface area contributed by atoms with Gasteiger partial charge in [0.2, 0.25) is 0 Å². The van der Waals surface area contributed by atoms with Crippen LogP contribution in [0.2, 0.25) is 10.0 Å². The molecule has 4 nitrogen and oxygen atoms in total. The number of amidine groups is 1. The number of thioether (sulfide) groups is 1. The van der Waals surface area contributed by atoms with Crippen LogP contribution < -0.4 is 4.74 Å². The summed E-state index contributed by atoms with van der Waals surface area (Å²) in [7, 11) is 0. The number of amides is 1. The van der Waals surface area contributed by atoms with Crippen LogP contribution in [0.3, 0.4) is 0 Å². The van der Waals surface area contributed by atoms with Crippen molar-refractivity contribution in [1.29, 1.82) is 0 Å². The van der Waals surface area contributed by atoms with E-state index in [2.05, 4.69) is 13.0 Å². The number of aliphatic imine (C=N–C) groups is 1. The standard InChI is InChI=1S/C27H24Cl2N2O2S/c1-3-20-7-5-6-8-24(20)30-27-31(4-2)26(32)25(34-27)16-18-9-12-21(13-10-18)33-17-19-11-14-22(28)23(29)15-19/h5-16H,3-4,17H2,1-2H3/b25-16+,30-27?. The summed E-state index contributed by atoms with van der Waals surface area (Å²) in [6.45, 7) is 5.02. The van der Waals surface area contributed by atoms with Crippen LogP contribution >= 0.6 is 35.0 Å². The molecule has 34 heavy (non-hydrogen) atoms. The Morgan fingerprint density at radius 1 is 1.00 bits per heavy atom. The smallest absolute Gasteiger partial charge is 0.266 e. The first-order valence-electron chi connectivity index (χ1n) is 11.0. The molecular weight excluding hydrogens is 487 g/mol. The molecule has 1 saturated heterocycles. The zero-order valence-electron chi connectivity index (χ0n) is 18.9. The van der Waals surface area contributed by atoms with Gasteiger partial charge in [-0.3, -0.25) is 9.69 Å². The second kappa shape index (κ2) is 11.1. The lowest BCUT2D eigenvalue weighted by Gasteiger charge is -2.12. The third-order valence-electron chi connectivity index (χ3n) is 5.36. The van der Waals surface area contributed by atoms with Crippen molar-refractivity contribution in [2.75, 3.05) is 6.54 Å². The van der Waals surface area contributed by atoms with Crippen molar-refractivity contribution in [2.24, 2.45) is 4.99 Å². The molecule has 1 fully saturated rings. The number of hydrogen-bond acceptors (Lipinski definition) is 4. The number of aryl methyl sites for hydroxylation is 1. The van der Waals surface area contributed by atoms with Gasteiger partial charge in [0, 0.05) is 6.54 Å². The summed E-state index contributed by atoms with van der Waals surface area (Å²) in [5.41, 5.74) is 3.92. The first kappa shape index (κ1) is 24.4. The normalized spacial score (nSPS) is 16.0. The van der Waals surface area contributed by atoms with Gasteiger partial charge in [0.25, 0.3) is 5.91 Å². The fourth-order valence-corrected chi connectivity index (χ4v) is 4.88. The SMILES string of the molecule is CCc1ccccc1N=C1S/C(=C/c2ccc(OCc3ccc(Cl)c(Cl)c3)cc2)C(=O)N1CC. The van der Waals surface area contributed by atoms with Crippen LogP contribution in [0.25, 0.3) is 6.08 Å². The number of hydrogen-bond donors (Lipinski definition) is 0. The summed E-state index contributed by atoms with van der Waals surface area (Å²) in [6.07, 6.45) is 2.78. The van der Waals surface area contributed by atoms with Gasteiger partial charge in [-0.2, -0.15) is 0 Å². The van der Waals surface area contributed by atoms with E-state index in [4.69, 9.17) is 32.9 Å². The quantitative estimate of drug-likeness (QED) is 0.305. The molecule has 0 aliphatic carbocycles. The van der Waals surface area contributed by atoms with E-state index in [-0.39, 0.29) is 5.91 Å². The second-order valence-corrected chi connectivity index (χ2v) is 9.47. The molecule has 0 radical (unpaired) electrons. The molecule has 0 saturated carbocycles. The van der Waals surface area contributed by atoms with Crippen molar-refractivity contribution in [3.63, 3.8) is 0 Å². The maximum atomic E-state index is 13.0. The van der Waals surface area contributed by atoms with Gasteiger partial charge < -0.3 is 4.74 Å². The minimum Gasteiger partial charge on any atom is -0.489 e. The largest absolute Gasteiger partial charge is 0.489 e. The van der Waals surface area contributed by atoms with Gasteiger partial charge in [0.05, 0.1) is 20.6 Å². The minimum atomic E-state index is -0.0276. The van der Waals surface area contributed by atoms with Crippen LogP contribution in [0, 0.1) is 0 Å². The summed E-state index contributed by atoms with van der Waals surface area (Å²) in [5.74, 6) is 0.701. The number of ether oxygens (including phenoxy) is 1. The lowest BCUT2D eigenvalue weighted by Crippen LogP contribution is -2.28. The summed E-state index contributed by atoms with van der Waals surface area (Å²) in [4.78, 5) is 20.2. The van der Waals surface area contributed by atoms with Crippen molar-refractivity contribution in [1.82, 2.24) is 4.90 Å². The van der Waals surface area contributed by atoms with E-state index in [0.29, 0.717) is 33.3 Å². The number of nitrogens with zero attached hydrogens (tertiary/aromatic N) is 2. The van der Waals surface area contributed by atoms with Gasteiger partial charge in [-0.05, 0) is 78.2 Å². The Kier molecular flexibility index (Phi) is 7.99. The molecule has 0 bridgehead atoms. The van der Waals surface area contributed by atoms with Gasteiger partial charge in [0.15, 0.2) is 5.17 Å². The predicted molar refractivity (Wildman–Crippen MR) is 143 cm³/mol. The molecule has 0 unspecified atom stereocenters. The Hall–Kier alpha value is -2.73. The van der Waals surface area contributed by atoms with Crippen molar-refractivity contribution in [2.45, 2.75) is 26.9 Å². The molecule has 0 atom stereocenters. The van der Waals surface area contributed by atoms with Crippen molar-refractivity contribution < 1.29 is 9.53 Å². The molecule has 1 amide bonds. The van der Waals surface area contributed by atoms with E-state index in [1.54, 1.807) is 17.0 Å². The van der Waals surface area contributed by atoms with Crippen molar-refractivity contribution in [3.05, 3.63) is 98.4 Å². The van der Waals surface area contributed by atoms with Crippen LogP contribution in [-0.4, -0.2) is 22.5 Å². The van der Waals surface area contributed by atoms with Gasteiger partial charge in [-0.15, -0.1) is 0 Å². The first-order chi connectivity index (χ1) is 16.5. The van der Waals surface area contributed by atoms with E-state index < -0.39 is 0 Å². The van der Waals surface area contributed by atoms with Crippen LogP contribution in [0.4, 0.5) is 5.69 Å². The Balaban J connectivity index is 1.48. The molecule has 1 heterocycles. The highest BCUT2D eigenvalue weighted by Gasteiger charge is 2.32. The highest BCUT2D eigenvalue weighted by molar-refractivity contribution is 8.18. The zero-order chi connectivity index (χ0) is 24.1. The van der Waals surface area contributed by atoms with Gasteiger partial charge >= 0.3 is 0 Å². The molecule has 0 N–H and O–H groups in total. The van der Waals surface area contributed by atoms with Crippen molar-refractivity contribution >= 4 is 57.8 Å². The molecule has 1 aliphatic heterocycles. The van der Waals surface area contributed by atoms with E-state index >= 15 is 0 Å². The molecule has 4 rings (SSSR count). The molecule has 0 aromatic heterocycles. The van der Waals surface area contributed by atoms with Gasteiger partial charge in [-0.25, -0.2) is 4.99 Å². The van der Waals surface area contributed by atoms with E-state index in [9.17, 15) is 4.79 Å². The maximum absolute atomic E-state index is 13.0. The number of carbonyl (C=O) groups excluding carboxylic acids is 1. The Bertz CT molecular complexity index is 1260. The second-order valence-electron chi connectivity index (χ2n) is 7.64. The Morgan fingerprint density at radius 3 is 2.47 bits per heavy atom. The van der Waals surface area contributed by atoms with E-state index in [1.165, 1.54) is 11.8 Å². The molecular formula is C27H24Cl2N2O2S. The number of likely N-dealkylation sites (N-methyl/N-ethyl adjacent to an activating group) is 1. The third kappa shape index (κ3) is 5.66. The number of para-hydroxylation sites is 1. The average Bonchev–Trinajstić information content (AvgIpc) is 3.14. The summed E-state index contributed by atoms with van der Waals surface area (Å²) < 4.78 is 5.85. The molecule has 174 valence electrons. The maximum Gasteiger partial charge on any atom is 0.266 e.